The smallest absolute Gasteiger partial charge is 0.117 e. The second-order valence-corrected chi connectivity index (χ2v) is 3.88. The number of hydrogen-bond acceptors (Lipinski definition) is 2. The first-order valence-corrected chi connectivity index (χ1v) is 4.90. The van der Waals surface area contributed by atoms with E-state index in [1.165, 1.54) is 0 Å². The van der Waals surface area contributed by atoms with Gasteiger partial charge in [-0.15, -0.1) is 0 Å². The Bertz CT molecular complexity index is 346. The zero-order valence-electron chi connectivity index (χ0n) is 7.72. The second-order valence-electron chi connectivity index (χ2n) is 2.87. The zero-order valence-corrected chi connectivity index (χ0v) is 9.23. The van der Waals surface area contributed by atoms with Crippen molar-refractivity contribution in [2.75, 3.05) is 11.9 Å². The molecule has 0 radical (unpaired) electrons. The third kappa shape index (κ3) is 3.48. The van der Waals surface area contributed by atoms with E-state index in [0.29, 0.717) is 6.54 Å². The molecule has 1 aromatic carbocycles. The normalized spacial score (nSPS) is 9.64. The minimum Gasteiger partial charge on any atom is -0.508 e. The van der Waals surface area contributed by atoms with E-state index < -0.39 is 0 Å². The predicted octanol–water partition coefficient (Wildman–Crippen LogP) is 3.43. The van der Waals surface area contributed by atoms with Crippen LogP contribution in [0.5, 0.6) is 5.75 Å². The highest BCUT2D eigenvalue weighted by molar-refractivity contribution is 6.55. The first-order chi connectivity index (χ1) is 6.59. The highest BCUT2D eigenvalue weighted by Crippen LogP contribution is 2.20. The van der Waals surface area contributed by atoms with Gasteiger partial charge in [-0.1, -0.05) is 29.3 Å². The number of aryl methyl sites for hydroxylation is 1. The van der Waals surface area contributed by atoms with Gasteiger partial charge in [-0.25, -0.2) is 0 Å². The molecular formula is C10H11Cl2NO. The van der Waals surface area contributed by atoms with Crippen molar-refractivity contribution in [3.05, 3.63) is 34.3 Å². The largest absolute Gasteiger partial charge is 0.508 e. The first kappa shape index (κ1) is 11.2. The quantitative estimate of drug-likeness (QED) is 0.836. The monoisotopic (exact) mass is 231 g/mol. The van der Waals surface area contributed by atoms with Crippen molar-refractivity contribution in [1.82, 2.24) is 0 Å². The zero-order chi connectivity index (χ0) is 10.6. The van der Waals surface area contributed by atoms with Crippen molar-refractivity contribution < 1.29 is 5.11 Å². The molecule has 2 N–H and O–H groups in total. The number of phenolic OH excluding ortho intramolecular Hbond substituents is 1. The average molecular weight is 232 g/mol. The van der Waals surface area contributed by atoms with Gasteiger partial charge in [-0.3, -0.25) is 0 Å². The Hall–Kier alpha value is -0.860. The number of halogens is 2. The van der Waals surface area contributed by atoms with Crippen LogP contribution >= 0.6 is 23.2 Å². The fraction of sp³-hybridized carbons (Fsp3) is 0.200. The Morgan fingerprint density at radius 3 is 2.86 bits per heavy atom. The Balaban J connectivity index is 2.67. The molecule has 0 amide bonds. The Labute approximate surface area is 93.2 Å². The fourth-order valence-corrected chi connectivity index (χ4v) is 1.19. The number of hydrogen-bond donors (Lipinski definition) is 2. The molecule has 0 saturated heterocycles. The molecule has 0 saturated carbocycles. The van der Waals surface area contributed by atoms with Crippen LogP contribution in [0.15, 0.2) is 28.8 Å². The summed E-state index contributed by atoms with van der Waals surface area (Å²) in [4.78, 5) is 0. The van der Waals surface area contributed by atoms with Crippen molar-refractivity contribution in [2.24, 2.45) is 0 Å². The van der Waals surface area contributed by atoms with Gasteiger partial charge >= 0.3 is 0 Å². The maximum atomic E-state index is 9.24. The van der Waals surface area contributed by atoms with E-state index in [2.05, 4.69) is 5.32 Å². The summed E-state index contributed by atoms with van der Waals surface area (Å²) in [5.41, 5.74) is 1.93. The SMILES string of the molecule is Cc1ccc(O)cc1NCC=C(Cl)Cl. The van der Waals surface area contributed by atoms with E-state index in [9.17, 15) is 5.11 Å². The van der Waals surface area contributed by atoms with E-state index in [1.807, 2.05) is 13.0 Å². The maximum Gasteiger partial charge on any atom is 0.117 e. The van der Waals surface area contributed by atoms with Crippen LogP contribution in [0.25, 0.3) is 0 Å². The highest BCUT2D eigenvalue weighted by atomic mass is 35.5. The lowest BCUT2D eigenvalue weighted by Crippen LogP contribution is -1.99. The van der Waals surface area contributed by atoms with Crippen molar-refractivity contribution in [3.8, 4) is 5.75 Å². The Kier molecular flexibility index (Phi) is 4.11. The van der Waals surface area contributed by atoms with Crippen LogP contribution in [0, 0.1) is 6.92 Å². The minimum atomic E-state index is 0.232. The summed E-state index contributed by atoms with van der Waals surface area (Å²) < 4.78 is 0.232. The van der Waals surface area contributed by atoms with Gasteiger partial charge in [-0.2, -0.15) is 0 Å². The third-order valence-corrected chi connectivity index (χ3v) is 2.08. The first-order valence-electron chi connectivity index (χ1n) is 4.14. The second kappa shape index (κ2) is 5.13. The molecule has 1 aromatic rings. The lowest BCUT2D eigenvalue weighted by Gasteiger charge is -2.07. The summed E-state index contributed by atoms with van der Waals surface area (Å²) in [6.45, 7) is 2.49. The number of rotatable bonds is 3. The van der Waals surface area contributed by atoms with Crippen LogP contribution < -0.4 is 5.32 Å². The van der Waals surface area contributed by atoms with Crippen LogP contribution in [0.4, 0.5) is 5.69 Å². The number of benzene rings is 1. The van der Waals surface area contributed by atoms with Crippen molar-refractivity contribution in [1.29, 1.82) is 0 Å². The van der Waals surface area contributed by atoms with Crippen LogP contribution in [0.1, 0.15) is 5.56 Å². The van der Waals surface area contributed by atoms with E-state index in [0.717, 1.165) is 11.3 Å². The molecule has 0 heterocycles. The molecule has 0 aromatic heterocycles. The number of anilines is 1. The van der Waals surface area contributed by atoms with Gasteiger partial charge in [0.15, 0.2) is 0 Å². The van der Waals surface area contributed by atoms with Gasteiger partial charge in [0, 0.05) is 18.3 Å². The molecule has 2 nitrogen and oxygen atoms in total. The number of nitrogens with one attached hydrogen (secondary N) is 1. The molecule has 0 aliphatic carbocycles. The molecule has 0 bridgehead atoms. The van der Waals surface area contributed by atoms with Gasteiger partial charge in [0.05, 0.1) is 0 Å². The number of phenols is 1. The van der Waals surface area contributed by atoms with Gasteiger partial charge in [0.25, 0.3) is 0 Å². The summed E-state index contributed by atoms with van der Waals surface area (Å²) in [5.74, 6) is 0.235. The van der Waals surface area contributed by atoms with Gasteiger partial charge in [-0.05, 0) is 24.6 Å². The summed E-state index contributed by atoms with van der Waals surface area (Å²) in [5, 5.41) is 12.3. The molecule has 76 valence electrons. The van der Waals surface area contributed by atoms with Gasteiger partial charge in [0.1, 0.15) is 10.2 Å². The summed E-state index contributed by atoms with van der Waals surface area (Å²) >= 11 is 10.9. The maximum absolute atomic E-state index is 9.24. The molecule has 0 fully saturated rings. The van der Waals surface area contributed by atoms with Crippen molar-refractivity contribution >= 4 is 28.9 Å². The van der Waals surface area contributed by atoms with Crippen LogP contribution in [-0.4, -0.2) is 11.7 Å². The molecule has 0 unspecified atom stereocenters. The Morgan fingerprint density at radius 2 is 2.21 bits per heavy atom. The molecule has 14 heavy (non-hydrogen) atoms. The van der Waals surface area contributed by atoms with Gasteiger partial charge in [0.2, 0.25) is 0 Å². The van der Waals surface area contributed by atoms with E-state index in [4.69, 9.17) is 23.2 Å². The molecule has 0 atom stereocenters. The van der Waals surface area contributed by atoms with Crippen molar-refractivity contribution in [2.45, 2.75) is 6.92 Å². The molecule has 4 heteroatoms. The minimum absolute atomic E-state index is 0.232. The van der Waals surface area contributed by atoms with E-state index in [-0.39, 0.29) is 10.2 Å². The summed E-state index contributed by atoms with van der Waals surface area (Å²) in [6, 6.07) is 5.14. The summed E-state index contributed by atoms with van der Waals surface area (Å²) in [6.07, 6.45) is 1.65. The van der Waals surface area contributed by atoms with E-state index in [1.54, 1.807) is 18.2 Å². The lowest BCUT2D eigenvalue weighted by atomic mass is 10.2. The standard InChI is InChI=1S/C10H11Cl2NO/c1-7-2-3-8(14)6-9(7)13-5-4-10(11)12/h2-4,6,13-14H,5H2,1H3. The van der Waals surface area contributed by atoms with Crippen molar-refractivity contribution in [3.63, 3.8) is 0 Å². The average Bonchev–Trinajstić information content (AvgIpc) is 2.10. The molecule has 0 aliphatic rings. The van der Waals surface area contributed by atoms with E-state index >= 15 is 0 Å². The number of aromatic hydroxyl groups is 1. The molecule has 1 rings (SSSR count). The molecule has 0 spiro atoms. The topological polar surface area (TPSA) is 32.3 Å². The highest BCUT2D eigenvalue weighted by Gasteiger charge is 1.97. The van der Waals surface area contributed by atoms with Crippen LogP contribution in [-0.2, 0) is 0 Å². The summed E-state index contributed by atoms with van der Waals surface area (Å²) in [7, 11) is 0. The van der Waals surface area contributed by atoms with Crippen LogP contribution in [0.3, 0.4) is 0 Å². The van der Waals surface area contributed by atoms with Crippen LogP contribution in [0.2, 0.25) is 0 Å². The lowest BCUT2D eigenvalue weighted by molar-refractivity contribution is 0.475. The molecule has 0 aliphatic heterocycles. The predicted molar refractivity (Wildman–Crippen MR) is 61.1 cm³/mol. The van der Waals surface area contributed by atoms with Gasteiger partial charge < -0.3 is 10.4 Å². The molecular weight excluding hydrogens is 221 g/mol. The fourth-order valence-electron chi connectivity index (χ4n) is 1.04. The Morgan fingerprint density at radius 1 is 1.50 bits per heavy atom. The third-order valence-electron chi connectivity index (χ3n) is 1.77.